The lowest BCUT2D eigenvalue weighted by atomic mass is 9.79. The molecule has 0 aliphatic carbocycles. The number of ether oxygens (including phenoxy) is 2. The number of benzene rings is 2. The van der Waals surface area contributed by atoms with Gasteiger partial charge in [-0.25, -0.2) is 0 Å². The number of fused-ring (bicyclic) bond motifs is 2. The van der Waals surface area contributed by atoms with Gasteiger partial charge in [0.2, 0.25) is 0 Å². The Hall–Kier alpha value is -3.35. The number of rotatable bonds is 5. The van der Waals surface area contributed by atoms with Crippen molar-refractivity contribution in [3.05, 3.63) is 75.5 Å². The highest BCUT2D eigenvalue weighted by atomic mass is 16.6. The lowest BCUT2D eigenvalue weighted by molar-refractivity contribution is -0.537. The zero-order valence-corrected chi connectivity index (χ0v) is 17.2. The normalized spacial score (nSPS) is 20.4. The summed E-state index contributed by atoms with van der Waals surface area (Å²) in [5, 5.41) is 13.2. The fourth-order valence-electron chi connectivity index (χ4n) is 4.58. The number of nitro groups is 1. The van der Waals surface area contributed by atoms with Gasteiger partial charge in [0.05, 0.1) is 24.5 Å². The second-order valence-corrected chi connectivity index (χ2v) is 7.62. The Morgan fingerprint density at radius 2 is 1.97 bits per heavy atom. The highest BCUT2D eigenvalue weighted by molar-refractivity contribution is 5.88. The maximum atomic E-state index is 12.3. The van der Waals surface area contributed by atoms with Crippen molar-refractivity contribution >= 4 is 16.9 Å². The quantitative estimate of drug-likeness (QED) is 0.362. The summed E-state index contributed by atoms with van der Waals surface area (Å²) in [5.74, 6) is -0.476. The Bertz CT molecular complexity index is 1120. The van der Waals surface area contributed by atoms with E-state index in [4.69, 9.17) is 9.47 Å². The number of esters is 1. The molecule has 3 atom stereocenters. The van der Waals surface area contributed by atoms with Crippen LogP contribution < -0.4 is 4.74 Å². The average Bonchev–Trinajstić information content (AvgIpc) is 3.04. The maximum absolute atomic E-state index is 12.3. The molecule has 1 aliphatic rings. The van der Waals surface area contributed by atoms with Gasteiger partial charge in [0.15, 0.2) is 6.10 Å². The molecule has 0 saturated carbocycles. The van der Waals surface area contributed by atoms with E-state index in [1.807, 2.05) is 61.1 Å². The molecule has 0 amide bonds. The van der Waals surface area contributed by atoms with Crippen molar-refractivity contribution in [2.75, 3.05) is 6.61 Å². The molecule has 1 aliphatic heterocycles. The molecule has 0 radical (unpaired) electrons. The molecule has 7 nitrogen and oxygen atoms in total. The van der Waals surface area contributed by atoms with E-state index >= 15 is 0 Å². The summed E-state index contributed by atoms with van der Waals surface area (Å²) in [6.45, 7) is 3.96. The molecule has 0 spiro atoms. The van der Waals surface area contributed by atoms with Gasteiger partial charge in [-0.2, -0.15) is 0 Å². The van der Waals surface area contributed by atoms with Crippen molar-refractivity contribution in [3.63, 3.8) is 0 Å². The molecule has 0 saturated heterocycles. The Balaban J connectivity index is 1.91. The lowest BCUT2D eigenvalue weighted by Crippen LogP contribution is -2.47. The summed E-state index contributed by atoms with van der Waals surface area (Å²) >= 11 is 0. The third kappa shape index (κ3) is 3.30. The third-order valence-corrected chi connectivity index (χ3v) is 5.74. The third-order valence-electron chi connectivity index (χ3n) is 5.74. The van der Waals surface area contributed by atoms with Crippen molar-refractivity contribution in [1.29, 1.82) is 0 Å². The minimum Gasteiger partial charge on any atom is -0.482 e. The summed E-state index contributed by atoms with van der Waals surface area (Å²) < 4.78 is 13.0. The van der Waals surface area contributed by atoms with Gasteiger partial charge < -0.3 is 14.0 Å². The molecule has 3 aromatic rings. The van der Waals surface area contributed by atoms with Crippen molar-refractivity contribution < 1.29 is 19.2 Å². The number of aryl methyl sites for hydroxylation is 2. The van der Waals surface area contributed by atoms with Crippen LogP contribution in [-0.4, -0.2) is 34.2 Å². The second kappa shape index (κ2) is 7.82. The molecule has 0 N–H and O–H groups in total. The summed E-state index contributed by atoms with van der Waals surface area (Å²) in [5.41, 5.74) is 3.76. The van der Waals surface area contributed by atoms with Gasteiger partial charge in [0, 0.05) is 29.1 Å². The predicted octanol–water partition coefficient (Wildman–Crippen LogP) is 3.98. The molecule has 2 heterocycles. The molecule has 30 heavy (non-hydrogen) atoms. The first-order valence-electron chi connectivity index (χ1n) is 10.0. The van der Waals surface area contributed by atoms with Gasteiger partial charge in [0.25, 0.3) is 6.04 Å². The minimum absolute atomic E-state index is 0.173. The van der Waals surface area contributed by atoms with E-state index in [2.05, 4.69) is 0 Å². The molecule has 156 valence electrons. The number of carbonyl (C=O) groups is 1. The van der Waals surface area contributed by atoms with E-state index in [0.717, 1.165) is 27.6 Å². The minimum atomic E-state index is -1.12. The number of nitrogens with zero attached hydrogens (tertiary/aromatic N) is 2. The maximum Gasteiger partial charge on any atom is 0.309 e. The Morgan fingerprint density at radius 1 is 1.20 bits per heavy atom. The van der Waals surface area contributed by atoms with Gasteiger partial charge in [-0.3, -0.25) is 14.9 Å². The highest BCUT2D eigenvalue weighted by Crippen LogP contribution is 2.45. The van der Waals surface area contributed by atoms with Crippen molar-refractivity contribution in [1.82, 2.24) is 4.57 Å². The van der Waals surface area contributed by atoms with Crippen molar-refractivity contribution in [3.8, 4) is 5.75 Å². The van der Waals surface area contributed by atoms with Gasteiger partial charge in [-0.1, -0.05) is 36.4 Å². The zero-order valence-electron chi connectivity index (χ0n) is 17.2. The lowest BCUT2D eigenvalue weighted by Gasteiger charge is -2.34. The fraction of sp³-hybridized carbons (Fsp3) is 0.348. The van der Waals surface area contributed by atoms with Crippen LogP contribution in [0, 0.1) is 17.0 Å². The molecule has 1 aromatic heterocycles. The summed E-state index contributed by atoms with van der Waals surface area (Å²) in [4.78, 5) is 24.1. The van der Waals surface area contributed by atoms with Crippen LogP contribution in [0.4, 0.5) is 0 Å². The number of carbonyl (C=O) groups excluding carboxylic acids is 1. The molecular weight excluding hydrogens is 384 g/mol. The van der Waals surface area contributed by atoms with E-state index in [0.29, 0.717) is 5.75 Å². The van der Waals surface area contributed by atoms with E-state index in [-0.39, 0.29) is 18.0 Å². The largest absolute Gasteiger partial charge is 0.482 e. The molecule has 2 aromatic carbocycles. The van der Waals surface area contributed by atoms with Gasteiger partial charge in [-0.15, -0.1) is 0 Å². The average molecular weight is 408 g/mol. The van der Waals surface area contributed by atoms with Gasteiger partial charge in [-0.05, 0) is 31.0 Å². The van der Waals surface area contributed by atoms with Crippen LogP contribution >= 0.6 is 0 Å². The summed E-state index contributed by atoms with van der Waals surface area (Å²) in [6, 6.07) is 12.2. The Kier molecular flexibility index (Phi) is 5.20. The Morgan fingerprint density at radius 3 is 2.70 bits per heavy atom. The highest BCUT2D eigenvalue weighted by Gasteiger charge is 2.49. The van der Waals surface area contributed by atoms with E-state index in [1.54, 1.807) is 13.0 Å². The zero-order chi connectivity index (χ0) is 21.4. The standard InChI is InChI=1S/C23H24N2O5/c1-4-29-20(26)12-19-23(25(27)28)21(16-9-5-6-11-18(16)30-19)17-13-24(3)22-14(2)8-7-10-15(17)22/h5-11,13,19,21,23H,4,12H2,1-3H3. The predicted molar refractivity (Wildman–Crippen MR) is 112 cm³/mol. The number of hydrogen-bond donors (Lipinski definition) is 0. The van der Waals surface area contributed by atoms with Gasteiger partial charge in [0.1, 0.15) is 5.75 Å². The van der Waals surface area contributed by atoms with E-state index in [9.17, 15) is 14.9 Å². The Labute approximate surface area is 174 Å². The van der Waals surface area contributed by atoms with E-state index in [1.165, 1.54) is 0 Å². The van der Waals surface area contributed by atoms with Crippen LogP contribution in [-0.2, 0) is 16.6 Å². The van der Waals surface area contributed by atoms with Crippen LogP contribution in [0.3, 0.4) is 0 Å². The van der Waals surface area contributed by atoms with Crippen LogP contribution in [0.1, 0.15) is 36.0 Å². The first-order valence-corrected chi connectivity index (χ1v) is 10.0. The number of aromatic nitrogens is 1. The summed E-state index contributed by atoms with van der Waals surface area (Å²) in [7, 11) is 1.95. The SMILES string of the molecule is CCOC(=O)CC1Oc2ccccc2C(c2cn(C)c3c(C)cccc23)C1[N+](=O)[O-]. The molecule has 3 unspecified atom stereocenters. The van der Waals surface area contributed by atoms with Crippen LogP contribution in [0.25, 0.3) is 10.9 Å². The first kappa shape index (κ1) is 19.9. The summed E-state index contributed by atoms with van der Waals surface area (Å²) in [6.07, 6.45) is 0.871. The smallest absolute Gasteiger partial charge is 0.309 e. The van der Waals surface area contributed by atoms with Crippen molar-refractivity contribution in [2.45, 2.75) is 38.3 Å². The molecule has 7 heteroatoms. The molecule has 4 rings (SSSR count). The number of hydrogen-bond acceptors (Lipinski definition) is 5. The molecule has 0 bridgehead atoms. The topological polar surface area (TPSA) is 83.6 Å². The van der Waals surface area contributed by atoms with Crippen molar-refractivity contribution in [2.24, 2.45) is 7.05 Å². The monoisotopic (exact) mass is 408 g/mol. The molecular formula is C23H24N2O5. The van der Waals surface area contributed by atoms with Crippen LogP contribution in [0.15, 0.2) is 48.7 Å². The first-order chi connectivity index (χ1) is 14.4. The fourth-order valence-corrected chi connectivity index (χ4v) is 4.58. The van der Waals surface area contributed by atoms with Crippen LogP contribution in [0.5, 0.6) is 5.75 Å². The van der Waals surface area contributed by atoms with E-state index < -0.39 is 24.0 Å². The van der Waals surface area contributed by atoms with Gasteiger partial charge >= 0.3 is 5.97 Å². The second-order valence-electron chi connectivity index (χ2n) is 7.62. The van der Waals surface area contributed by atoms with Crippen LogP contribution in [0.2, 0.25) is 0 Å². The molecule has 0 fully saturated rings. The number of para-hydroxylation sites is 2.